The fourth-order valence-corrected chi connectivity index (χ4v) is 4.89. The Bertz CT molecular complexity index is 1300. The van der Waals surface area contributed by atoms with Crippen molar-refractivity contribution in [1.29, 1.82) is 0 Å². The first-order valence-electron chi connectivity index (χ1n) is 11.6. The van der Waals surface area contributed by atoms with Crippen molar-refractivity contribution in [3.05, 3.63) is 54.2 Å². The van der Waals surface area contributed by atoms with E-state index < -0.39 is 0 Å². The number of rotatable bonds is 7. The molecule has 0 radical (unpaired) electrons. The highest BCUT2D eigenvalue weighted by atomic mass is 32.1. The van der Waals surface area contributed by atoms with E-state index in [-0.39, 0.29) is 0 Å². The Morgan fingerprint density at radius 2 is 1.85 bits per heavy atom. The monoisotopic (exact) mass is 472 g/mol. The minimum absolute atomic E-state index is 0.446. The Labute approximate surface area is 203 Å². The summed E-state index contributed by atoms with van der Waals surface area (Å²) in [6, 6.07) is 14.4. The Kier molecular flexibility index (Phi) is 6.67. The number of thiazole rings is 1. The molecule has 0 saturated heterocycles. The number of nitrogens with one attached hydrogen (secondary N) is 1. The molecule has 0 spiro atoms. The van der Waals surface area contributed by atoms with Crippen LogP contribution in [0.2, 0.25) is 0 Å². The summed E-state index contributed by atoms with van der Waals surface area (Å²) in [5, 5.41) is 5.51. The predicted molar refractivity (Wildman–Crippen MR) is 139 cm³/mol. The molecule has 1 aliphatic carbocycles. The van der Waals surface area contributed by atoms with Gasteiger partial charge < -0.3 is 15.0 Å². The highest BCUT2D eigenvalue weighted by Gasteiger charge is 2.18. The normalized spacial score (nSPS) is 14.5. The first kappa shape index (κ1) is 22.3. The molecular weight excluding hydrogens is 444 g/mol. The zero-order valence-corrected chi connectivity index (χ0v) is 20.3. The van der Waals surface area contributed by atoms with Gasteiger partial charge in [-0.1, -0.05) is 43.5 Å². The first-order chi connectivity index (χ1) is 16.7. The number of aromatic nitrogens is 3. The van der Waals surface area contributed by atoms with Crippen LogP contribution in [-0.2, 0) is 0 Å². The zero-order valence-electron chi connectivity index (χ0n) is 19.4. The summed E-state index contributed by atoms with van der Waals surface area (Å²) >= 11 is 1.51. The van der Waals surface area contributed by atoms with E-state index in [2.05, 4.69) is 26.3 Å². The van der Waals surface area contributed by atoms with Crippen molar-refractivity contribution in [2.24, 2.45) is 4.99 Å². The van der Waals surface area contributed by atoms with Crippen LogP contribution in [0, 0.1) is 0 Å². The van der Waals surface area contributed by atoms with E-state index in [4.69, 9.17) is 9.72 Å². The average molecular weight is 473 g/mol. The third-order valence-corrected chi connectivity index (χ3v) is 6.69. The van der Waals surface area contributed by atoms with Crippen LogP contribution in [0.15, 0.2) is 59.2 Å². The lowest BCUT2D eigenvalue weighted by Gasteiger charge is -2.22. The Morgan fingerprint density at radius 1 is 1.03 bits per heavy atom. The maximum absolute atomic E-state index is 6.34. The summed E-state index contributed by atoms with van der Waals surface area (Å²) in [6.07, 6.45) is 9.78. The lowest BCUT2D eigenvalue weighted by Crippen LogP contribution is -2.23. The van der Waals surface area contributed by atoms with Crippen LogP contribution in [-0.4, -0.2) is 46.3 Å². The molecule has 4 aromatic rings. The van der Waals surface area contributed by atoms with Crippen LogP contribution in [0.5, 0.6) is 11.6 Å². The molecule has 0 amide bonds. The largest absolute Gasteiger partial charge is 0.437 e. The van der Waals surface area contributed by atoms with Gasteiger partial charge in [0, 0.05) is 37.1 Å². The van der Waals surface area contributed by atoms with Crippen molar-refractivity contribution < 1.29 is 4.74 Å². The van der Waals surface area contributed by atoms with Gasteiger partial charge in [0.05, 0.1) is 23.2 Å². The first-order valence-corrected chi connectivity index (χ1v) is 12.5. The summed E-state index contributed by atoms with van der Waals surface area (Å²) in [7, 11) is 3.91. The third kappa shape index (κ3) is 5.02. The minimum atomic E-state index is 0.446. The summed E-state index contributed by atoms with van der Waals surface area (Å²) < 4.78 is 6.34. The van der Waals surface area contributed by atoms with Gasteiger partial charge in [-0.3, -0.25) is 0 Å². The lowest BCUT2D eigenvalue weighted by molar-refractivity contribution is 0.461. The summed E-state index contributed by atoms with van der Waals surface area (Å²) in [5.41, 5.74) is 3.49. The van der Waals surface area contributed by atoms with E-state index in [0.717, 1.165) is 32.8 Å². The molecule has 8 heteroatoms. The van der Waals surface area contributed by atoms with Crippen molar-refractivity contribution >= 4 is 40.1 Å². The van der Waals surface area contributed by atoms with Crippen molar-refractivity contribution in [1.82, 2.24) is 19.9 Å². The van der Waals surface area contributed by atoms with Crippen LogP contribution in [0.4, 0.5) is 11.6 Å². The molecule has 0 aliphatic heterocycles. The number of aliphatic imine (C=N–C) groups is 1. The molecule has 174 valence electrons. The van der Waals surface area contributed by atoms with E-state index in [9.17, 15) is 0 Å². The molecule has 0 unspecified atom stereocenters. The quantitative estimate of drug-likeness (QED) is 0.244. The molecule has 7 nitrogen and oxygen atoms in total. The highest BCUT2D eigenvalue weighted by molar-refractivity contribution is 7.13. The molecule has 0 bridgehead atoms. The van der Waals surface area contributed by atoms with Crippen molar-refractivity contribution in [3.63, 3.8) is 0 Å². The second kappa shape index (κ2) is 10.2. The van der Waals surface area contributed by atoms with Crippen molar-refractivity contribution in [2.75, 3.05) is 19.4 Å². The third-order valence-electron chi connectivity index (χ3n) is 5.86. The van der Waals surface area contributed by atoms with Gasteiger partial charge in [-0.2, -0.15) is 0 Å². The molecule has 1 aliphatic rings. The Balaban J connectivity index is 1.42. The number of ether oxygens (including phenoxy) is 1. The number of benzene rings is 2. The zero-order chi connectivity index (χ0) is 23.3. The summed E-state index contributed by atoms with van der Waals surface area (Å²) in [5.74, 6) is 1.94. The standard InChI is InChI=1S/C26H28N6OS/c1-32(2)16-28-21-12-13-23(20-11-7-6-10-19(20)21)33-25-24(34-17-29-25)22-14-15-27-26(31-22)30-18-8-4-3-5-9-18/h6-7,10-18H,3-5,8-9H2,1-2H3,(H,27,30,31). The van der Waals surface area contributed by atoms with Gasteiger partial charge in [-0.25, -0.2) is 19.9 Å². The van der Waals surface area contributed by atoms with Gasteiger partial charge in [-0.15, -0.1) is 11.3 Å². The second-order valence-electron chi connectivity index (χ2n) is 8.67. The van der Waals surface area contributed by atoms with E-state index in [1.54, 1.807) is 18.0 Å². The maximum Gasteiger partial charge on any atom is 0.239 e. The number of hydrogen-bond acceptors (Lipinski definition) is 7. The number of hydrogen-bond donors (Lipinski definition) is 1. The molecule has 2 aromatic carbocycles. The predicted octanol–water partition coefficient (Wildman–Crippen LogP) is 6.51. The topological polar surface area (TPSA) is 75.5 Å². The van der Waals surface area contributed by atoms with E-state index in [1.165, 1.54) is 43.4 Å². The Hall–Kier alpha value is -3.52. The fourth-order valence-electron chi connectivity index (χ4n) is 4.20. The molecule has 0 atom stereocenters. The van der Waals surface area contributed by atoms with E-state index in [0.29, 0.717) is 17.9 Å². The van der Waals surface area contributed by atoms with Gasteiger partial charge >= 0.3 is 0 Å². The van der Waals surface area contributed by atoms with Crippen LogP contribution < -0.4 is 10.1 Å². The Morgan fingerprint density at radius 3 is 2.68 bits per heavy atom. The minimum Gasteiger partial charge on any atom is -0.437 e. The molecule has 2 heterocycles. The van der Waals surface area contributed by atoms with Gasteiger partial charge in [0.1, 0.15) is 10.6 Å². The molecule has 5 rings (SSSR count). The van der Waals surface area contributed by atoms with Crippen LogP contribution in [0.3, 0.4) is 0 Å². The van der Waals surface area contributed by atoms with E-state index in [1.807, 2.05) is 55.4 Å². The van der Waals surface area contributed by atoms with Gasteiger partial charge in [0.25, 0.3) is 0 Å². The van der Waals surface area contributed by atoms with E-state index >= 15 is 0 Å². The van der Waals surface area contributed by atoms with Crippen LogP contribution in [0.1, 0.15) is 32.1 Å². The van der Waals surface area contributed by atoms with Gasteiger partial charge in [0.15, 0.2) is 0 Å². The van der Waals surface area contributed by atoms with Gasteiger partial charge in [0.2, 0.25) is 11.8 Å². The van der Waals surface area contributed by atoms with Crippen molar-refractivity contribution in [2.45, 2.75) is 38.1 Å². The summed E-state index contributed by atoms with van der Waals surface area (Å²) in [4.78, 5) is 21.1. The van der Waals surface area contributed by atoms with Crippen molar-refractivity contribution in [3.8, 4) is 22.2 Å². The van der Waals surface area contributed by atoms with Crippen LogP contribution >= 0.6 is 11.3 Å². The van der Waals surface area contributed by atoms with Crippen LogP contribution in [0.25, 0.3) is 21.3 Å². The smallest absolute Gasteiger partial charge is 0.239 e. The molecule has 2 aromatic heterocycles. The second-order valence-corrected chi connectivity index (χ2v) is 9.52. The number of anilines is 1. The summed E-state index contributed by atoms with van der Waals surface area (Å²) in [6.45, 7) is 0. The SMILES string of the molecule is CN(C)C=Nc1ccc(Oc2ncsc2-c2ccnc(NC3CCCCC3)n2)c2ccccc12. The molecule has 1 fully saturated rings. The number of nitrogens with zero attached hydrogens (tertiary/aromatic N) is 5. The average Bonchev–Trinajstić information content (AvgIpc) is 3.32. The highest BCUT2D eigenvalue weighted by Crippen LogP contribution is 2.39. The molecular formula is C26H28N6OS. The lowest BCUT2D eigenvalue weighted by atomic mass is 9.96. The molecule has 1 saturated carbocycles. The molecule has 34 heavy (non-hydrogen) atoms. The number of fused-ring (bicyclic) bond motifs is 1. The van der Waals surface area contributed by atoms with Gasteiger partial charge in [-0.05, 0) is 31.0 Å². The fraction of sp³-hybridized carbons (Fsp3) is 0.308. The maximum atomic E-state index is 6.34. The molecule has 1 N–H and O–H groups in total.